The van der Waals surface area contributed by atoms with E-state index in [1.165, 1.54) is 25.7 Å². The molecule has 1 aromatic carbocycles. The van der Waals surface area contributed by atoms with Crippen molar-refractivity contribution in [3.63, 3.8) is 0 Å². The highest BCUT2D eigenvalue weighted by molar-refractivity contribution is 5.72. The van der Waals surface area contributed by atoms with Crippen LogP contribution in [0.1, 0.15) is 37.3 Å². The number of aromatic nitrogens is 1. The molecule has 4 nitrogen and oxygen atoms in total. The average Bonchev–Trinajstić information content (AvgIpc) is 2.87. The zero-order valence-corrected chi connectivity index (χ0v) is 10.4. The van der Waals surface area contributed by atoms with Crippen LogP contribution in [-0.2, 0) is 0 Å². The third kappa shape index (κ3) is 2.40. The van der Waals surface area contributed by atoms with Crippen molar-refractivity contribution in [2.45, 2.75) is 37.8 Å². The van der Waals surface area contributed by atoms with Crippen LogP contribution in [0.25, 0.3) is 11.1 Å². The van der Waals surface area contributed by atoms with Gasteiger partial charge in [-0.2, -0.15) is 0 Å². The lowest BCUT2D eigenvalue weighted by molar-refractivity contribution is 0.362. The van der Waals surface area contributed by atoms with Gasteiger partial charge < -0.3 is 15.5 Å². The van der Waals surface area contributed by atoms with Crippen molar-refractivity contribution < 1.29 is 4.42 Å². The van der Waals surface area contributed by atoms with Gasteiger partial charge in [0.1, 0.15) is 5.52 Å². The molecule has 0 spiro atoms. The molecule has 0 bridgehead atoms. The Morgan fingerprint density at radius 2 is 2.39 bits per heavy atom. The molecule has 4 heteroatoms. The van der Waals surface area contributed by atoms with Gasteiger partial charge in [0.2, 0.25) is 0 Å². The smallest absolute Gasteiger partial charge is 0.181 e. The Labute approximate surface area is 107 Å². The summed E-state index contributed by atoms with van der Waals surface area (Å²) in [4.78, 5) is 4.12. The van der Waals surface area contributed by atoms with Crippen molar-refractivity contribution in [3.05, 3.63) is 30.2 Å². The Morgan fingerprint density at radius 1 is 1.44 bits per heavy atom. The van der Waals surface area contributed by atoms with Crippen LogP contribution in [0, 0.1) is 0 Å². The van der Waals surface area contributed by atoms with E-state index < -0.39 is 0 Å². The lowest BCUT2D eigenvalue weighted by Crippen LogP contribution is -2.36. The predicted molar refractivity (Wildman–Crippen MR) is 71.2 cm³/mol. The largest absolute Gasteiger partial charge is 0.443 e. The fourth-order valence-corrected chi connectivity index (χ4v) is 2.67. The number of nitrogens with zero attached hydrogens (tertiary/aromatic N) is 1. The molecule has 1 fully saturated rings. The second-order valence-electron chi connectivity index (χ2n) is 5.07. The van der Waals surface area contributed by atoms with Gasteiger partial charge in [-0.05, 0) is 43.5 Å². The molecule has 0 amide bonds. The van der Waals surface area contributed by atoms with Gasteiger partial charge in [0.15, 0.2) is 12.0 Å². The number of benzene rings is 1. The molecule has 1 aliphatic rings. The van der Waals surface area contributed by atoms with E-state index in [1.54, 1.807) is 0 Å². The molecule has 1 aromatic heterocycles. The van der Waals surface area contributed by atoms with Crippen LogP contribution in [0.2, 0.25) is 0 Å². The molecule has 0 aliphatic carbocycles. The lowest BCUT2D eigenvalue weighted by Gasteiger charge is -2.26. The number of oxazole rings is 1. The van der Waals surface area contributed by atoms with E-state index in [1.807, 2.05) is 12.1 Å². The van der Waals surface area contributed by atoms with Crippen molar-refractivity contribution in [1.82, 2.24) is 10.3 Å². The SMILES string of the molecule is NC(CC1CCCCN1)c1ccc2ncoc2c1. The summed E-state index contributed by atoms with van der Waals surface area (Å²) in [5.41, 5.74) is 9.12. The van der Waals surface area contributed by atoms with Crippen LogP contribution in [0.15, 0.2) is 29.0 Å². The van der Waals surface area contributed by atoms with Crippen molar-refractivity contribution in [1.29, 1.82) is 0 Å². The van der Waals surface area contributed by atoms with Crippen molar-refractivity contribution in [3.8, 4) is 0 Å². The molecule has 96 valence electrons. The monoisotopic (exact) mass is 245 g/mol. The standard InChI is InChI=1S/C14H19N3O/c15-12(8-11-3-1-2-6-16-11)10-4-5-13-14(7-10)18-9-17-13/h4-5,7,9,11-12,16H,1-3,6,8,15H2. The molecule has 2 atom stereocenters. The molecule has 1 saturated heterocycles. The number of nitrogens with two attached hydrogens (primary N) is 1. The minimum absolute atomic E-state index is 0.0649. The summed E-state index contributed by atoms with van der Waals surface area (Å²) in [5, 5.41) is 3.54. The number of piperidine rings is 1. The van der Waals surface area contributed by atoms with E-state index in [0.29, 0.717) is 6.04 Å². The Balaban J connectivity index is 1.72. The average molecular weight is 245 g/mol. The van der Waals surface area contributed by atoms with Gasteiger partial charge in [0.05, 0.1) is 0 Å². The first kappa shape index (κ1) is 11.7. The molecular weight excluding hydrogens is 226 g/mol. The number of nitrogens with one attached hydrogen (secondary N) is 1. The number of rotatable bonds is 3. The highest BCUT2D eigenvalue weighted by atomic mass is 16.3. The van der Waals surface area contributed by atoms with Crippen LogP contribution >= 0.6 is 0 Å². The highest BCUT2D eigenvalue weighted by Gasteiger charge is 2.17. The molecule has 2 heterocycles. The number of hydrogen-bond acceptors (Lipinski definition) is 4. The quantitative estimate of drug-likeness (QED) is 0.871. The normalized spacial score (nSPS) is 22.2. The van der Waals surface area contributed by atoms with Gasteiger partial charge in [0.25, 0.3) is 0 Å². The lowest BCUT2D eigenvalue weighted by atomic mass is 9.94. The molecule has 18 heavy (non-hydrogen) atoms. The fraction of sp³-hybridized carbons (Fsp3) is 0.500. The van der Waals surface area contributed by atoms with Crippen LogP contribution < -0.4 is 11.1 Å². The van der Waals surface area contributed by atoms with Gasteiger partial charge in [-0.25, -0.2) is 4.98 Å². The maximum Gasteiger partial charge on any atom is 0.181 e. The maximum absolute atomic E-state index is 6.28. The van der Waals surface area contributed by atoms with Crippen LogP contribution in [0.4, 0.5) is 0 Å². The number of hydrogen-bond donors (Lipinski definition) is 2. The summed E-state index contributed by atoms with van der Waals surface area (Å²) in [6, 6.07) is 6.66. The first-order valence-electron chi connectivity index (χ1n) is 6.65. The van der Waals surface area contributed by atoms with Crippen LogP contribution in [-0.4, -0.2) is 17.6 Å². The molecular formula is C14H19N3O. The molecule has 2 aromatic rings. The zero-order chi connectivity index (χ0) is 12.4. The van der Waals surface area contributed by atoms with Crippen molar-refractivity contribution in [2.75, 3.05) is 6.54 Å². The Bertz CT molecular complexity index is 516. The summed E-state index contributed by atoms with van der Waals surface area (Å²) in [7, 11) is 0. The van der Waals surface area contributed by atoms with E-state index in [2.05, 4.69) is 16.4 Å². The van der Waals surface area contributed by atoms with E-state index >= 15 is 0 Å². The molecule has 3 rings (SSSR count). The van der Waals surface area contributed by atoms with Gasteiger partial charge in [0, 0.05) is 12.1 Å². The minimum Gasteiger partial charge on any atom is -0.443 e. The summed E-state index contributed by atoms with van der Waals surface area (Å²) < 4.78 is 5.32. The third-order valence-electron chi connectivity index (χ3n) is 3.73. The first-order valence-corrected chi connectivity index (χ1v) is 6.65. The van der Waals surface area contributed by atoms with Crippen molar-refractivity contribution >= 4 is 11.1 Å². The topological polar surface area (TPSA) is 64.1 Å². The summed E-state index contributed by atoms with van der Waals surface area (Å²) >= 11 is 0. The highest BCUT2D eigenvalue weighted by Crippen LogP contribution is 2.23. The maximum atomic E-state index is 6.28. The van der Waals surface area contributed by atoms with E-state index in [-0.39, 0.29) is 6.04 Å². The van der Waals surface area contributed by atoms with E-state index in [0.717, 1.165) is 29.6 Å². The molecule has 3 N–H and O–H groups in total. The van der Waals surface area contributed by atoms with E-state index in [9.17, 15) is 0 Å². The Hall–Kier alpha value is -1.39. The van der Waals surface area contributed by atoms with Crippen LogP contribution in [0.5, 0.6) is 0 Å². The first-order chi connectivity index (χ1) is 8.83. The van der Waals surface area contributed by atoms with Gasteiger partial charge >= 0.3 is 0 Å². The number of fused-ring (bicyclic) bond motifs is 1. The van der Waals surface area contributed by atoms with Gasteiger partial charge in [-0.15, -0.1) is 0 Å². The molecule has 1 aliphatic heterocycles. The second-order valence-corrected chi connectivity index (χ2v) is 5.07. The Kier molecular flexibility index (Phi) is 3.30. The Morgan fingerprint density at radius 3 is 3.22 bits per heavy atom. The van der Waals surface area contributed by atoms with Crippen molar-refractivity contribution in [2.24, 2.45) is 5.73 Å². The summed E-state index contributed by atoms with van der Waals surface area (Å²) in [6.45, 7) is 1.12. The predicted octanol–water partition coefficient (Wildman–Crippen LogP) is 2.36. The molecule has 2 unspecified atom stereocenters. The van der Waals surface area contributed by atoms with Gasteiger partial charge in [-0.3, -0.25) is 0 Å². The molecule has 0 saturated carbocycles. The summed E-state index contributed by atoms with van der Waals surface area (Å²) in [6.07, 6.45) is 6.29. The fourth-order valence-electron chi connectivity index (χ4n) is 2.67. The van der Waals surface area contributed by atoms with Gasteiger partial charge in [-0.1, -0.05) is 12.5 Å². The zero-order valence-electron chi connectivity index (χ0n) is 10.4. The minimum atomic E-state index is 0.0649. The molecule has 0 radical (unpaired) electrons. The van der Waals surface area contributed by atoms with Crippen LogP contribution in [0.3, 0.4) is 0 Å². The van der Waals surface area contributed by atoms with E-state index in [4.69, 9.17) is 10.2 Å². The second kappa shape index (κ2) is 5.08. The third-order valence-corrected chi connectivity index (χ3v) is 3.73. The summed E-state index contributed by atoms with van der Waals surface area (Å²) in [5.74, 6) is 0.